The summed E-state index contributed by atoms with van der Waals surface area (Å²) in [6.07, 6.45) is -8.09. The van der Waals surface area contributed by atoms with E-state index in [-0.39, 0.29) is 183 Å². The molecule has 2 aliphatic heterocycles. The molecule has 0 aromatic carbocycles. The summed E-state index contributed by atoms with van der Waals surface area (Å²) in [5.41, 5.74) is 9.95. The molecule has 5 atom stereocenters. The molecule has 0 saturated carbocycles. The van der Waals surface area contributed by atoms with Crippen LogP contribution in [0.1, 0.15) is 79.1 Å². The fourth-order valence-electron chi connectivity index (χ4n) is 5.60. The number of nitrogens with two attached hydrogens (primary N) is 2. The topological polar surface area (TPSA) is 775 Å². The molecule has 54 heteroatoms. The summed E-state index contributed by atoms with van der Waals surface area (Å²) in [6.45, 7) is 5.40. The molecule has 0 spiro atoms. The van der Waals surface area contributed by atoms with Gasteiger partial charge in [-0.05, 0) is 102 Å². The molecule has 3 unspecified atom stereocenters. The first-order chi connectivity index (χ1) is 36.2. The Labute approximate surface area is 579 Å². The second-order valence-corrected chi connectivity index (χ2v) is 33.4. The van der Waals surface area contributed by atoms with Gasteiger partial charge in [-0.2, -0.15) is 0 Å². The maximum Gasteiger partial charge on any atom is 1.00 e. The van der Waals surface area contributed by atoms with E-state index >= 15 is 0 Å². The van der Waals surface area contributed by atoms with Gasteiger partial charge < -0.3 is 173 Å². The first-order valence-electron chi connectivity index (χ1n) is 22.4. The normalized spacial score (nSPS) is 18.8. The van der Waals surface area contributed by atoms with E-state index in [4.69, 9.17) is 89.8 Å². The molecule has 86 heavy (non-hydrogen) atoms. The smallest absolute Gasteiger partial charge is 0.808 e. The number of esters is 1. The largest absolute Gasteiger partial charge is 1.00 e. The molecule has 2 aliphatic rings. The molecule has 0 aromatic rings. The molecule has 0 aliphatic carbocycles. The first-order valence-corrected chi connectivity index (χ1v) is 35.1. The molecular weight excluding hydrogens is 1390 g/mol. The van der Waals surface area contributed by atoms with Crippen molar-refractivity contribution in [1.29, 1.82) is 0 Å². The Balaban J connectivity index is -0.000000183. The van der Waals surface area contributed by atoms with Crippen molar-refractivity contribution in [2.75, 3.05) is 53.1 Å². The summed E-state index contributed by atoms with van der Waals surface area (Å²) in [5, 5.41) is 44.4. The van der Waals surface area contributed by atoms with Crippen LogP contribution >= 0.6 is 60.8 Å². The monoisotopic (exact) mass is 1460 g/mol. The second-order valence-electron chi connectivity index (χ2n) is 17.7. The van der Waals surface area contributed by atoms with Crippen molar-refractivity contribution in [2.24, 2.45) is 11.5 Å². The van der Waals surface area contributed by atoms with Gasteiger partial charge in [-0.3, -0.25) is 27.8 Å². The molecule has 2 fully saturated rings. The van der Waals surface area contributed by atoms with Gasteiger partial charge in [0.25, 0.3) is 22.0 Å². The molecule has 0 bridgehead atoms. The van der Waals surface area contributed by atoms with E-state index in [9.17, 15) is 100 Å². The van der Waals surface area contributed by atoms with Crippen LogP contribution in [0.25, 0.3) is 0 Å². The number of rotatable bonds is 26. The fraction of sp³-hybridized carbons (Fsp3) is 0.906. The van der Waals surface area contributed by atoms with Crippen molar-refractivity contribution in [3.63, 3.8) is 0 Å². The van der Waals surface area contributed by atoms with E-state index in [0.717, 1.165) is 0 Å². The van der Waals surface area contributed by atoms with Crippen LogP contribution in [0.15, 0.2) is 0 Å². The van der Waals surface area contributed by atoms with Gasteiger partial charge in [0.2, 0.25) is 0 Å². The van der Waals surface area contributed by atoms with Crippen molar-refractivity contribution in [3.05, 3.63) is 0 Å². The van der Waals surface area contributed by atoms with Crippen LogP contribution in [0.3, 0.4) is 0 Å². The second kappa shape index (κ2) is 41.4. The third kappa shape index (κ3) is 33.4. The van der Waals surface area contributed by atoms with Crippen molar-refractivity contribution < 1.29 is 302 Å². The minimum atomic E-state index is -6.10. The van der Waals surface area contributed by atoms with Crippen LogP contribution in [0.5, 0.6) is 0 Å². The Kier molecular flexibility index (Phi) is 49.4. The zero-order valence-electron chi connectivity index (χ0n) is 47.7. The van der Waals surface area contributed by atoms with Gasteiger partial charge in [-0.15, -0.1) is 0 Å². The molecule has 2 saturated heterocycles. The molecule has 492 valence electrons. The van der Waals surface area contributed by atoms with E-state index < -0.39 is 162 Å². The first kappa shape index (κ1) is 103. The van der Waals surface area contributed by atoms with Gasteiger partial charge in [0.05, 0.1) is 26.9 Å². The third-order valence-corrected chi connectivity index (χ3v) is 25.4. The van der Waals surface area contributed by atoms with Gasteiger partial charge in [0.1, 0.15) is 5.08 Å². The average molecular weight is 1460 g/mol. The SMILES string of the molecule is CC1(C)OC[C@@H](C(=O)NCCCC(O)(P(=O)([O-])[O-])P(=O)([O-])[O-])O1.COC(=O)C1COC(C)(C)O1.NCCCC(O)(P(=O)(O)O)P(=O)(O)O.NCCCC(O)(P(=O)([O-])[O-])P(=O)([O-])O.O=C(NCCCC(O)(P(=O)(O)O)P(=O)(O)O)[C@@H](O)CO.[Na+].[Na+].[Na+].[Na+]. The van der Waals surface area contributed by atoms with Crippen LogP contribution in [0.4, 0.5) is 0 Å². The Hall–Kier alpha value is 3.13. The predicted molar refractivity (Wildman–Crippen MR) is 257 cm³/mol. The molecular formula is C32H69N4Na4O38P8-3. The van der Waals surface area contributed by atoms with Crippen molar-refractivity contribution in [2.45, 2.75) is 129 Å². The number of aliphatic hydroxyl groups excluding tert-OH is 2. The standard InChI is InChI=1S/C10H21NO10P2.C7H17NO10P2.C7H12O4.2C4H13NO7P2.4Na/c1-9(2)20-6-7(21-9)8(12)11-5-3-4-10(13,22(14,15)16)23(17,18)19;9-4-5(10)6(11)8-3-1-2-7(12,19(13,14)15)20(16,17)18;1-7(2)10-4-5(11-7)6(8)9-3;2*5-3-1-2-4(6,13(7,8)9)14(10,11)12;;;;/h7,13H,3-6H2,1-2H3,(H,11,12)(H2,14,15,16)(H2,17,18,19);5,9-10,12H,1-4H2,(H,8,11)(H2,13,14,15)(H2,16,17,18);5H,4H2,1-3H3;2*6H,1-3,5H2,(H2,7,8,9)(H2,10,11,12);;;;/q;;;;;4*+1/p-7/t7-;5-;;;;;;;/m00......./s1. The van der Waals surface area contributed by atoms with E-state index in [1.807, 2.05) is 5.32 Å². The molecule has 0 radical (unpaired) electrons. The summed E-state index contributed by atoms with van der Waals surface area (Å²) >= 11 is 0. The molecule has 0 aromatic heterocycles. The van der Waals surface area contributed by atoms with E-state index in [1.54, 1.807) is 27.7 Å². The van der Waals surface area contributed by atoms with Gasteiger partial charge in [0, 0.05) is 25.9 Å². The van der Waals surface area contributed by atoms with Crippen molar-refractivity contribution >= 4 is 78.5 Å². The Bertz CT molecular complexity index is 2310. The molecule has 21 N–H and O–H groups in total. The fourth-order valence-corrected chi connectivity index (χ4v) is 14.3. The van der Waals surface area contributed by atoms with Gasteiger partial charge in [-0.1, -0.05) is 0 Å². The van der Waals surface area contributed by atoms with Crippen LogP contribution in [0.2, 0.25) is 0 Å². The van der Waals surface area contributed by atoms with Crippen LogP contribution in [0, 0.1) is 0 Å². The number of amides is 2. The molecule has 42 nitrogen and oxygen atoms in total. The summed E-state index contributed by atoms with van der Waals surface area (Å²) in [4.78, 5) is 187. The van der Waals surface area contributed by atoms with E-state index in [0.29, 0.717) is 0 Å². The molecule has 2 amide bonds. The Morgan fingerprint density at radius 2 is 0.837 bits per heavy atom. The summed E-state index contributed by atoms with van der Waals surface area (Å²) in [5.74, 6) is -3.53. The average Bonchev–Trinajstić information content (AvgIpc) is 3.86. The molecule has 2 rings (SSSR count). The maximum atomic E-state index is 11.7. The van der Waals surface area contributed by atoms with Gasteiger partial charge in [-0.25, -0.2) is 4.79 Å². The van der Waals surface area contributed by atoms with Crippen molar-refractivity contribution in [3.8, 4) is 0 Å². The third-order valence-electron chi connectivity index (χ3n) is 10.3. The van der Waals surface area contributed by atoms with Crippen LogP contribution in [-0.2, 0) is 74.6 Å². The number of carbonyl (C=O) groups is 3. The van der Waals surface area contributed by atoms with E-state index in [2.05, 4.69) is 10.1 Å². The van der Waals surface area contributed by atoms with Crippen molar-refractivity contribution in [1.82, 2.24) is 10.6 Å². The number of ether oxygens (including phenoxy) is 5. The Morgan fingerprint density at radius 3 is 1.09 bits per heavy atom. The minimum Gasteiger partial charge on any atom is -0.808 e. The number of nitrogens with one attached hydrogen (secondary N) is 2. The summed E-state index contributed by atoms with van der Waals surface area (Å²) in [7, 11) is -44.0. The number of hydrogen-bond donors (Lipinski definition) is 19. The maximum absolute atomic E-state index is 11.7. The summed E-state index contributed by atoms with van der Waals surface area (Å²) in [6, 6.07) is 0. The number of hydrogen-bond acceptors (Lipinski definition) is 31. The zero-order valence-corrected chi connectivity index (χ0v) is 62.8. The minimum absolute atomic E-state index is 0. The number of methoxy groups -OCH3 is 1. The summed E-state index contributed by atoms with van der Waals surface area (Å²) < 4.78 is 111. The zero-order chi connectivity index (χ0) is 66.0. The number of aliphatic hydroxyl groups is 6. The molecule has 2 heterocycles. The van der Waals surface area contributed by atoms with Gasteiger partial charge in [0.15, 0.2) is 42.6 Å². The van der Waals surface area contributed by atoms with E-state index in [1.165, 1.54) is 7.11 Å². The van der Waals surface area contributed by atoms with Crippen LogP contribution < -0.4 is 175 Å². The predicted octanol–water partition coefficient (Wildman–Crippen LogP) is -22.4. The van der Waals surface area contributed by atoms with Crippen LogP contribution in [-0.4, -0.2) is 196 Å². The quantitative estimate of drug-likeness (QED) is 0.0165. The Morgan fingerprint density at radius 1 is 0.547 bits per heavy atom. The van der Waals surface area contributed by atoms with Gasteiger partial charge >= 0.3 is 155 Å². The number of carbonyl (C=O) groups excluding carboxylic acids is 3.